The molecule has 0 saturated heterocycles. The summed E-state index contributed by atoms with van der Waals surface area (Å²) >= 11 is 1.47. The topological polar surface area (TPSA) is 45.2 Å². The first-order valence-corrected chi connectivity index (χ1v) is 11.1. The number of carbonyl (C=O) groups excluding carboxylic acids is 1. The molecule has 1 N–H and O–H groups in total. The average molecular weight is 442 g/mol. The molecule has 31 heavy (non-hydrogen) atoms. The maximum atomic E-state index is 13.8. The van der Waals surface area contributed by atoms with E-state index in [1.165, 1.54) is 28.5 Å². The molecule has 0 unspecified atom stereocenters. The van der Waals surface area contributed by atoms with E-state index in [-0.39, 0.29) is 23.9 Å². The van der Waals surface area contributed by atoms with E-state index >= 15 is 0 Å². The highest BCUT2D eigenvalue weighted by atomic mass is 32.1. The maximum Gasteiger partial charge on any atom is 0.230 e. The van der Waals surface area contributed by atoms with E-state index in [9.17, 15) is 13.6 Å². The van der Waals surface area contributed by atoms with Crippen molar-refractivity contribution in [2.75, 3.05) is 5.32 Å². The molecule has 1 aliphatic heterocycles. The zero-order chi connectivity index (χ0) is 22.1. The van der Waals surface area contributed by atoms with Gasteiger partial charge in [0.05, 0.1) is 18.2 Å². The third kappa shape index (κ3) is 4.83. The summed E-state index contributed by atoms with van der Waals surface area (Å²) in [7, 11) is 0. The van der Waals surface area contributed by atoms with Crippen molar-refractivity contribution in [3.05, 3.63) is 81.4 Å². The second kappa shape index (κ2) is 8.85. The molecule has 2 heterocycles. The number of rotatable bonds is 6. The average Bonchev–Trinajstić information content (AvgIpc) is 3.22. The largest absolute Gasteiger partial charge is 0.302 e. The lowest BCUT2D eigenvalue weighted by atomic mass is 10.0. The molecule has 0 saturated carbocycles. The van der Waals surface area contributed by atoms with Gasteiger partial charge in [-0.2, -0.15) is 0 Å². The van der Waals surface area contributed by atoms with Gasteiger partial charge in [-0.1, -0.05) is 49.7 Å². The van der Waals surface area contributed by atoms with Gasteiger partial charge in [0.1, 0.15) is 11.6 Å². The molecule has 0 spiro atoms. The molecule has 4 nitrogen and oxygen atoms in total. The molecule has 162 valence electrons. The fraction of sp³-hybridized carbons (Fsp3) is 0.333. The van der Waals surface area contributed by atoms with Crippen LogP contribution in [0.25, 0.3) is 0 Å². The number of nitrogens with one attached hydrogen (secondary N) is 1. The molecule has 1 aromatic heterocycles. The Morgan fingerprint density at radius 1 is 1.23 bits per heavy atom. The van der Waals surface area contributed by atoms with Crippen molar-refractivity contribution in [3.63, 3.8) is 0 Å². The number of hydrogen-bond acceptors (Lipinski definition) is 4. The number of carbonyl (C=O) groups is 1. The fourth-order valence-corrected chi connectivity index (χ4v) is 5.08. The Hall–Kier alpha value is -2.64. The zero-order valence-electron chi connectivity index (χ0n) is 17.8. The number of anilines is 1. The van der Waals surface area contributed by atoms with Crippen LogP contribution in [0.1, 0.15) is 47.2 Å². The highest BCUT2D eigenvalue weighted by Gasteiger charge is 2.36. The summed E-state index contributed by atoms with van der Waals surface area (Å²) in [5.74, 6) is -1.38. The van der Waals surface area contributed by atoms with Crippen molar-refractivity contribution < 1.29 is 13.6 Å². The number of amides is 1. The highest BCUT2D eigenvalue weighted by Crippen LogP contribution is 2.43. The molecule has 0 bridgehead atoms. The first-order valence-electron chi connectivity index (χ1n) is 10.3. The molecule has 0 radical (unpaired) electrons. The molecule has 2 aromatic carbocycles. The van der Waals surface area contributed by atoms with E-state index in [0.29, 0.717) is 11.0 Å². The van der Waals surface area contributed by atoms with Gasteiger partial charge in [0, 0.05) is 24.0 Å². The molecule has 0 aliphatic carbocycles. The molecular weight excluding hydrogens is 416 g/mol. The van der Waals surface area contributed by atoms with Crippen LogP contribution in [0.5, 0.6) is 0 Å². The second-order valence-electron chi connectivity index (χ2n) is 8.37. The van der Waals surface area contributed by atoms with E-state index in [0.717, 1.165) is 35.8 Å². The minimum Gasteiger partial charge on any atom is -0.302 e. The highest BCUT2D eigenvalue weighted by molar-refractivity contribution is 7.15. The van der Waals surface area contributed by atoms with Gasteiger partial charge in [-0.25, -0.2) is 13.8 Å². The van der Waals surface area contributed by atoms with Crippen molar-refractivity contribution >= 4 is 22.4 Å². The molecule has 3 aromatic rings. The van der Waals surface area contributed by atoms with Crippen LogP contribution >= 0.6 is 11.3 Å². The fourth-order valence-electron chi connectivity index (χ4n) is 4.04. The molecule has 4 rings (SSSR count). The van der Waals surface area contributed by atoms with Crippen LogP contribution in [0.2, 0.25) is 0 Å². The standard InChI is InChI=1S/C24H25F2N3OS/c1-14(2)23-22-20(13-29(23)12-16-6-4-15(3)5-7-16)31-24(28-22)27-21(30)10-17-8-9-18(25)11-19(17)26/h4-9,11,14,23H,10,12-13H2,1-3H3,(H,27,28,30)/t23-/m0/s1. The Morgan fingerprint density at radius 3 is 2.65 bits per heavy atom. The smallest absolute Gasteiger partial charge is 0.230 e. The third-order valence-electron chi connectivity index (χ3n) is 5.50. The Labute approximate surface area is 184 Å². The van der Waals surface area contributed by atoms with Crippen molar-refractivity contribution in [1.82, 2.24) is 9.88 Å². The number of nitrogens with zero attached hydrogens (tertiary/aromatic N) is 2. The predicted molar refractivity (Wildman–Crippen MR) is 119 cm³/mol. The lowest BCUT2D eigenvalue weighted by Gasteiger charge is -2.27. The maximum absolute atomic E-state index is 13.8. The number of thiazole rings is 1. The first kappa shape index (κ1) is 21.6. The monoisotopic (exact) mass is 441 g/mol. The van der Waals surface area contributed by atoms with Gasteiger partial charge >= 0.3 is 0 Å². The number of hydrogen-bond donors (Lipinski definition) is 1. The van der Waals surface area contributed by atoms with Crippen LogP contribution in [0.15, 0.2) is 42.5 Å². The van der Waals surface area contributed by atoms with Crippen LogP contribution in [0.3, 0.4) is 0 Å². The summed E-state index contributed by atoms with van der Waals surface area (Å²) in [5, 5.41) is 3.31. The van der Waals surface area contributed by atoms with Gasteiger partial charge in [0.2, 0.25) is 5.91 Å². The van der Waals surface area contributed by atoms with E-state index in [4.69, 9.17) is 4.98 Å². The van der Waals surface area contributed by atoms with Crippen molar-refractivity contribution in [2.45, 2.75) is 46.3 Å². The summed E-state index contributed by atoms with van der Waals surface area (Å²) in [6.07, 6.45) is -0.163. The van der Waals surface area contributed by atoms with Crippen molar-refractivity contribution in [3.8, 4) is 0 Å². The Kier molecular flexibility index (Phi) is 6.16. The molecule has 0 fully saturated rings. The minimum absolute atomic E-state index is 0.160. The van der Waals surface area contributed by atoms with Crippen LogP contribution in [-0.2, 0) is 24.3 Å². The van der Waals surface area contributed by atoms with Crippen LogP contribution in [0.4, 0.5) is 13.9 Å². The van der Waals surface area contributed by atoms with Gasteiger partial charge in [0.25, 0.3) is 0 Å². The molecule has 7 heteroatoms. The van der Waals surface area contributed by atoms with E-state index < -0.39 is 11.6 Å². The van der Waals surface area contributed by atoms with E-state index in [2.05, 4.69) is 55.3 Å². The second-order valence-corrected chi connectivity index (χ2v) is 9.45. The summed E-state index contributed by atoms with van der Waals surface area (Å²) in [6.45, 7) is 8.07. The number of fused-ring (bicyclic) bond motifs is 1. The van der Waals surface area contributed by atoms with Crippen LogP contribution in [-0.4, -0.2) is 15.8 Å². The first-order chi connectivity index (χ1) is 14.8. The third-order valence-corrected chi connectivity index (χ3v) is 6.47. The lowest BCUT2D eigenvalue weighted by Crippen LogP contribution is -2.26. The molecule has 1 aliphatic rings. The summed E-state index contributed by atoms with van der Waals surface area (Å²) in [5.41, 5.74) is 3.68. The Balaban J connectivity index is 1.45. The Bertz CT molecular complexity index is 1090. The SMILES string of the molecule is Cc1ccc(CN2Cc3sc(NC(=O)Cc4ccc(F)cc4F)nc3[C@@H]2C(C)C)cc1. The van der Waals surface area contributed by atoms with Crippen LogP contribution < -0.4 is 5.32 Å². The number of aryl methyl sites for hydroxylation is 1. The summed E-state index contributed by atoms with van der Waals surface area (Å²) in [6, 6.07) is 12.0. The van der Waals surface area contributed by atoms with Crippen LogP contribution in [0, 0.1) is 24.5 Å². The van der Waals surface area contributed by atoms with Gasteiger partial charge in [-0.3, -0.25) is 9.69 Å². The summed E-state index contributed by atoms with van der Waals surface area (Å²) < 4.78 is 26.9. The zero-order valence-corrected chi connectivity index (χ0v) is 18.6. The van der Waals surface area contributed by atoms with Crippen molar-refractivity contribution in [2.24, 2.45) is 5.92 Å². The normalized spacial score (nSPS) is 16.0. The number of benzene rings is 2. The van der Waals surface area contributed by atoms with Gasteiger partial charge in [-0.15, -0.1) is 11.3 Å². The molecule has 1 atom stereocenters. The quantitative estimate of drug-likeness (QED) is 0.540. The van der Waals surface area contributed by atoms with E-state index in [1.54, 1.807) is 0 Å². The predicted octanol–water partition coefficient (Wildman–Crippen LogP) is 5.62. The van der Waals surface area contributed by atoms with Gasteiger partial charge < -0.3 is 5.32 Å². The lowest BCUT2D eigenvalue weighted by molar-refractivity contribution is -0.115. The summed E-state index contributed by atoms with van der Waals surface area (Å²) in [4.78, 5) is 20.7. The number of halogens is 2. The minimum atomic E-state index is -0.719. The van der Waals surface area contributed by atoms with Crippen molar-refractivity contribution in [1.29, 1.82) is 0 Å². The molecular formula is C24H25F2N3OS. The van der Waals surface area contributed by atoms with Gasteiger partial charge in [0.15, 0.2) is 5.13 Å². The van der Waals surface area contributed by atoms with Gasteiger partial charge in [-0.05, 0) is 30.0 Å². The Morgan fingerprint density at radius 2 is 1.97 bits per heavy atom. The molecule has 1 amide bonds. The number of aromatic nitrogens is 1. The van der Waals surface area contributed by atoms with E-state index in [1.807, 2.05) is 0 Å².